The molecule has 0 unspecified atom stereocenters. The number of nitrogen functional groups attached to an aromatic ring is 1. The monoisotopic (exact) mass is 295 g/mol. The number of carbonyl (C=O) groups excluding carboxylic acids is 1. The zero-order valence-corrected chi connectivity index (χ0v) is 11.8. The molecule has 1 aromatic carbocycles. The number of nitrogens with zero attached hydrogens (tertiary/aromatic N) is 2. The van der Waals surface area contributed by atoms with Crippen molar-refractivity contribution in [2.75, 3.05) is 12.3 Å². The van der Waals surface area contributed by atoms with Gasteiger partial charge in [-0.1, -0.05) is 11.6 Å². The summed E-state index contributed by atoms with van der Waals surface area (Å²) in [7, 11) is 1.68. The number of halogens is 1. The van der Waals surface area contributed by atoms with Gasteiger partial charge in [-0.2, -0.15) is 0 Å². The van der Waals surface area contributed by atoms with Gasteiger partial charge in [0.2, 0.25) is 0 Å². The number of esters is 1. The van der Waals surface area contributed by atoms with Crippen LogP contribution in [0.2, 0.25) is 5.02 Å². The smallest absolute Gasteiger partial charge is 0.345 e. The predicted octanol–water partition coefficient (Wildman–Crippen LogP) is 2.62. The molecule has 0 bridgehead atoms. The summed E-state index contributed by atoms with van der Waals surface area (Å²) < 4.78 is 12.0. The molecule has 2 rings (SSSR count). The van der Waals surface area contributed by atoms with Crippen LogP contribution in [0.15, 0.2) is 24.4 Å². The molecule has 1 aromatic heterocycles. The Bertz CT molecular complexity index is 640. The molecule has 2 aromatic rings. The summed E-state index contributed by atoms with van der Waals surface area (Å²) in [4.78, 5) is 11.8. The van der Waals surface area contributed by atoms with Gasteiger partial charge in [0.1, 0.15) is 5.56 Å². The van der Waals surface area contributed by atoms with Gasteiger partial charge >= 0.3 is 5.97 Å². The van der Waals surface area contributed by atoms with Gasteiger partial charge in [-0.05, 0) is 19.1 Å². The highest BCUT2D eigenvalue weighted by atomic mass is 35.5. The normalized spacial score (nSPS) is 10.3. The number of aryl methyl sites for hydroxylation is 1. The Kier molecular flexibility index (Phi) is 4.14. The summed E-state index contributed by atoms with van der Waals surface area (Å²) in [5.41, 5.74) is 6.42. The summed E-state index contributed by atoms with van der Waals surface area (Å²) >= 11 is 5.89. The van der Waals surface area contributed by atoms with E-state index in [4.69, 9.17) is 26.8 Å². The van der Waals surface area contributed by atoms with E-state index in [0.29, 0.717) is 16.5 Å². The number of rotatable bonds is 4. The topological polar surface area (TPSA) is 79.4 Å². The van der Waals surface area contributed by atoms with Crippen LogP contribution in [-0.2, 0) is 11.8 Å². The highest BCUT2D eigenvalue weighted by molar-refractivity contribution is 6.30. The van der Waals surface area contributed by atoms with E-state index in [1.807, 2.05) is 0 Å². The molecule has 0 fully saturated rings. The number of hydrogen-bond acceptors (Lipinski definition) is 5. The average Bonchev–Trinajstić information content (AvgIpc) is 2.75. The largest absolute Gasteiger partial charge is 0.462 e. The maximum absolute atomic E-state index is 11.8. The van der Waals surface area contributed by atoms with Gasteiger partial charge < -0.3 is 15.2 Å². The van der Waals surface area contributed by atoms with Crippen molar-refractivity contribution in [2.45, 2.75) is 6.92 Å². The molecule has 0 aliphatic rings. The van der Waals surface area contributed by atoms with Gasteiger partial charge in [0.05, 0.1) is 12.3 Å². The van der Waals surface area contributed by atoms with Gasteiger partial charge in [-0.15, -0.1) is 5.10 Å². The minimum atomic E-state index is -0.504. The number of hydrogen-bond donors (Lipinski definition) is 1. The minimum Gasteiger partial charge on any atom is -0.462 e. The third kappa shape index (κ3) is 3.03. The molecule has 0 saturated carbocycles. The molecule has 106 valence electrons. The Labute approximate surface area is 121 Å². The molecular formula is C13H14ClN3O3. The van der Waals surface area contributed by atoms with Crippen molar-refractivity contribution in [3.05, 3.63) is 35.0 Å². The number of benzene rings is 1. The van der Waals surface area contributed by atoms with Crippen LogP contribution in [0.25, 0.3) is 0 Å². The van der Waals surface area contributed by atoms with E-state index in [2.05, 4.69) is 5.10 Å². The summed E-state index contributed by atoms with van der Waals surface area (Å²) in [6.45, 7) is 2.00. The highest BCUT2D eigenvalue weighted by Crippen LogP contribution is 2.31. The molecule has 0 radical (unpaired) electrons. The molecule has 1 heterocycles. The summed E-state index contributed by atoms with van der Waals surface area (Å²) in [6.07, 6.45) is 1.52. The van der Waals surface area contributed by atoms with Crippen molar-refractivity contribution in [1.29, 1.82) is 0 Å². The Balaban J connectivity index is 2.33. The first-order valence-corrected chi connectivity index (χ1v) is 6.32. The third-order valence-electron chi connectivity index (χ3n) is 2.47. The third-order valence-corrected chi connectivity index (χ3v) is 2.71. The molecular weight excluding hydrogens is 282 g/mol. The fourth-order valence-corrected chi connectivity index (χ4v) is 1.76. The van der Waals surface area contributed by atoms with Crippen molar-refractivity contribution in [1.82, 2.24) is 9.78 Å². The number of anilines is 1. The molecule has 0 amide bonds. The molecule has 20 heavy (non-hydrogen) atoms. The van der Waals surface area contributed by atoms with Crippen LogP contribution in [0.4, 0.5) is 5.69 Å². The van der Waals surface area contributed by atoms with Gasteiger partial charge in [-0.25, -0.2) is 4.79 Å². The van der Waals surface area contributed by atoms with Crippen LogP contribution < -0.4 is 10.5 Å². The van der Waals surface area contributed by atoms with Crippen molar-refractivity contribution in [3.8, 4) is 11.6 Å². The maximum atomic E-state index is 11.8. The van der Waals surface area contributed by atoms with Crippen molar-refractivity contribution < 1.29 is 14.3 Å². The standard InChI is InChI=1S/C13H14ClN3O3/c1-3-19-13(18)9-7-17(2)16-12(9)20-11-6-8(14)4-5-10(11)15/h4-7H,3,15H2,1-2H3. The summed E-state index contributed by atoms with van der Waals surface area (Å²) in [6, 6.07) is 4.82. The molecule has 7 heteroatoms. The molecule has 0 atom stereocenters. The van der Waals surface area contributed by atoms with Gasteiger partial charge in [0, 0.05) is 24.3 Å². The number of ether oxygens (including phenoxy) is 2. The van der Waals surface area contributed by atoms with Gasteiger partial charge in [0.25, 0.3) is 5.88 Å². The van der Waals surface area contributed by atoms with E-state index in [-0.39, 0.29) is 18.1 Å². The van der Waals surface area contributed by atoms with Gasteiger partial charge in [-0.3, -0.25) is 4.68 Å². The lowest BCUT2D eigenvalue weighted by Gasteiger charge is -2.07. The first kappa shape index (κ1) is 14.2. The quantitative estimate of drug-likeness (QED) is 0.693. The zero-order valence-electron chi connectivity index (χ0n) is 11.1. The second-order valence-electron chi connectivity index (χ2n) is 4.03. The SMILES string of the molecule is CCOC(=O)c1cn(C)nc1Oc1cc(Cl)ccc1N. The number of nitrogens with two attached hydrogens (primary N) is 1. The second-order valence-corrected chi connectivity index (χ2v) is 4.46. The molecule has 0 saturated heterocycles. The summed E-state index contributed by atoms with van der Waals surface area (Å²) in [5.74, 6) is -0.0436. The molecule has 0 aliphatic heterocycles. The van der Waals surface area contributed by atoms with E-state index in [1.165, 1.54) is 10.9 Å². The van der Waals surface area contributed by atoms with E-state index in [1.54, 1.807) is 32.2 Å². The molecule has 2 N–H and O–H groups in total. The van der Waals surface area contributed by atoms with Crippen LogP contribution in [0.5, 0.6) is 11.6 Å². The van der Waals surface area contributed by atoms with Crippen LogP contribution in [0.3, 0.4) is 0 Å². The van der Waals surface area contributed by atoms with Crippen molar-refractivity contribution in [3.63, 3.8) is 0 Å². The van der Waals surface area contributed by atoms with E-state index in [9.17, 15) is 4.79 Å². The zero-order chi connectivity index (χ0) is 14.7. The fraction of sp³-hybridized carbons (Fsp3) is 0.231. The lowest BCUT2D eigenvalue weighted by Crippen LogP contribution is -2.05. The van der Waals surface area contributed by atoms with E-state index >= 15 is 0 Å². The van der Waals surface area contributed by atoms with E-state index < -0.39 is 5.97 Å². The Hall–Kier alpha value is -2.21. The van der Waals surface area contributed by atoms with Crippen molar-refractivity contribution in [2.24, 2.45) is 7.05 Å². The predicted molar refractivity (Wildman–Crippen MR) is 75.1 cm³/mol. The molecule has 6 nitrogen and oxygen atoms in total. The Morgan fingerprint density at radius 3 is 2.95 bits per heavy atom. The highest BCUT2D eigenvalue weighted by Gasteiger charge is 2.19. The van der Waals surface area contributed by atoms with Gasteiger partial charge in [0.15, 0.2) is 5.75 Å². The van der Waals surface area contributed by atoms with Crippen molar-refractivity contribution >= 4 is 23.3 Å². The van der Waals surface area contributed by atoms with Crippen LogP contribution in [0, 0.1) is 0 Å². The van der Waals surface area contributed by atoms with Crippen LogP contribution in [0.1, 0.15) is 17.3 Å². The summed E-state index contributed by atoms with van der Waals surface area (Å²) in [5, 5.41) is 4.55. The lowest BCUT2D eigenvalue weighted by atomic mass is 10.3. The first-order chi connectivity index (χ1) is 9.51. The minimum absolute atomic E-state index is 0.125. The van der Waals surface area contributed by atoms with E-state index in [0.717, 1.165) is 0 Å². The Morgan fingerprint density at radius 1 is 1.50 bits per heavy atom. The van der Waals surface area contributed by atoms with Crippen LogP contribution in [-0.4, -0.2) is 22.4 Å². The maximum Gasteiger partial charge on any atom is 0.345 e. The lowest BCUT2D eigenvalue weighted by molar-refractivity contribution is 0.0523. The van der Waals surface area contributed by atoms with Crippen LogP contribution >= 0.6 is 11.6 Å². The first-order valence-electron chi connectivity index (χ1n) is 5.95. The number of carbonyl (C=O) groups is 1. The average molecular weight is 296 g/mol. The number of aromatic nitrogens is 2. The molecule has 0 aliphatic carbocycles. The fourth-order valence-electron chi connectivity index (χ4n) is 1.59. The molecule has 0 spiro atoms. The Morgan fingerprint density at radius 2 is 2.25 bits per heavy atom. The second kappa shape index (κ2) is 5.83.